The van der Waals surface area contributed by atoms with Crippen molar-refractivity contribution in [2.45, 2.75) is 31.7 Å². The number of nitrogens with zero attached hydrogens (tertiary/aromatic N) is 1. The zero-order valence-electron chi connectivity index (χ0n) is 19.5. The fraction of sp³-hybridized carbons (Fsp3) is 0.250. The summed E-state index contributed by atoms with van der Waals surface area (Å²) in [7, 11) is 0. The summed E-state index contributed by atoms with van der Waals surface area (Å²) in [6, 6.07) is 24.6. The number of carboxylic acids is 1. The van der Waals surface area contributed by atoms with E-state index in [0.717, 1.165) is 22.3 Å². The molecule has 0 aliphatic heterocycles. The predicted molar refractivity (Wildman–Crippen MR) is 133 cm³/mol. The van der Waals surface area contributed by atoms with Crippen molar-refractivity contribution >= 4 is 23.7 Å². The molecule has 0 fully saturated rings. The Labute approximate surface area is 204 Å². The van der Waals surface area contributed by atoms with Crippen LogP contribution in [-0.4, -0.2) is 42.3 Å². The lowest BCUT2D eigenvalue weighted by atomic mass is 9.98. The number of carbonyl (C=O) groups is 3. The number of fused-ring (bicyclic) bond motifs is 3. The minimum atomic E-state index is -0.983. The van der Waals surface area contributed by atoms with Gasteiger partial charge in [-0.15, -0.1) is 0 Å². The van der Waals surface area contributed by atoms with Gasteiger partial charge in [-0.1, -0.05) is 66.7 Å². The molecule has 7 heteroatoms. The number of benzene rings is 3. The molecule has 1 atom stereocenters. The largest absolute Gasteiger partial charge is 0.481 e. The Morgan fingerprint density at radius 1 is 0.914 bits per heavy atom. The summed E-state index contributed by atoms with van der Waals surface area (Å²) in [5.74, 6) is -1.30. The fourth-order valence-corrected chi connectivity index (χ4v) is 4.48. The van der Waals surface area contributed by atoms with E-state index in [1.165, 1.54) is 4.90 Å². The highest BCUT2D eigenvalue weighted by molar-refractivity contribution is 5.94. The minimum absolute atomic E-state index is 0.0126. The van der Waals surface area contributed by atoms with Gasteiger partial charge in [-0.05, 0) is 41.3 Å². The number of aliphatic carboxylic acids is 1. The van der Waals surface area contributed by atoms with E-state index in [2.05, 4.69) is 29.6 Å². The van der Waals surface area contributed by atoms with E-state index in [1.54, 1.807) is 31.2 Å². The van der Waals surface area contributed by atoms with E-state index in [9.17, 15) is 14.4 Å². The Hall–Kier alpha value is -4.13. The molecule has 0 aromatic heterocycles. The van der Waals surface area contributed by atoms with Gasteiger partial charge in [0.15, 0.2) is 0 Å². The van der Waals surface area contributed by atoms with Gasteiger partial charge in [0.2, 0.25) is 5.91 Å². The van der Waals surface area contributed by atoms with Gasteiger partial charge in [0.05, 0.1) is 6.42 Å². The maximum absolute atomic E-state index is 12.9. The van der Waals surface area contributed by atoms with E-state index in [1.807, 2.05) is 30.3 Å². The Morgan fingerprint density at radius 2 is 1.49 bits per heavy atom. The van der Waals surface area contributed by atoms with Crippen LogP contribution in [0, 0.1) is 0 Å². The summed E-state index contributed by atoms with van der Waals surface area (Å²) >= 11 is 0. The van der Waals surface area contributed by atoms with Crippen LogP contribution >= 0.6 is 0 Å². The number of nitrogens with one attached hydrogen (secondary N) is 1. The van der Waals surface area contributed by atoms with Crippen molar-refractivity contribution in [3.8, 4) is 11.1 Å². The number of amides is 2. The van der Waals surface area contributed by atoms with Crippen LogP contribution in [0.15, 0.2) is 78.9 Å². The van der Waals surface area contributed by atoms with Crippen LogP contribution in [0.5, 0.6) is 0 Å². The maximum atomic E-state index is 12.9. The Bertz CT molecular complexity index is 1170. The van der Waals surface area contributed by atoms with Crippen LogP contribution in [0.3, 0.4) is 0 Å². The average Bonchev–Trinajstić information content (AvgIpc) is 3.17. The molecule has 2 N–H and O–H groups in total. The molecule has 0 radical (unpaired) electrons. The number of carboxylic acid groups (broad SMARTS) is 1. The summed E-state index contributed by atoms with van der Waals surface area (Å²) in [6.07, 6.45) is -0.753. The highest BCUT2D eigenvalue weighted by Crippen LogP contribution is 2.44. The number of ether oxygens (including phenoxy) is 1. The van der Waals surface area contributed by atoms with Crippen LogP contribution in [-0.2, 0) is 14.3 Å². The highest BCUT2D eigenvalue weighted by Gasteiger charge is 2.29. The van der Waals surface area contributed by atoms with Crippen LogP contribution in [0.1, 0.15) is 36.8 Å². The van der Waals surface area contributed by atoms with E-state index in [4.69, 9.17) is 9.84 Å². The summed E-state index contributed by atoms with van der Waals surface area (Å²) in [5.41, 5.74) is 5.17. The minimum Gasteiger partial charge on any atom is -0.481 e. The summed E-state index contributed by atoms with van der Waals surface area (Å²) in [6.45, 7) is 1.96. The molecule has 0 bridgehead atoms. The molecule has 0 spiro atoms. The quantitative estimate of drug-likeness (QED) is 0.466. The van der Waals surface area contributed by atoms with Gasteiger partial charge in [-0.3, -0.25) is 9.59 Å². The molecule has 35 heavy (non-hydrogen) atoms. The molecule has 1 aliphatic carbocycles. The van der Waals surface area contributed by atoms with Crippen molar-refractivity contribution in [2.24, 2.45) is 0 Å². The molecule has 4 rings (SSSR count). The molecule has 0 heterocycles. The van der Waals surface area contributed by atoms with Crippen molar-refractivity contribution in [3.05, 3.63) is 90.0 Å². The van der Waals surface area contributed by atoms with E-state index in [-0.39, 0.29) is 37.8 Å². The number of hydrogen-bond donors (Lipinski definition) is 2. The van der Waals surface area contributed by atoms with Crippen molar-refractivity contribution in [3.63, 3.8) is 0 Å². The van der Waals surface area contributed by atoms with Gasteiger partial charge in [0.1, 0.15) is 6.61 Å². The molecular weight excluding hydrogens is 444 g/mol. The first kappa shape index (κ1) is 24.0. The summed E-state index contributed by atoms with van der Waals surface area (Å²) < 4.78 is 5.56. The third-order valence-electron chi connectivity index (χ3n) is 6.11. The van der Waals surface area contributed by atoms with Gasteiger partial charge in [-0.25, -0.2) is 4.79 Å². The van der Waals surface area contributed by atoms with Gasteiger partial charge >= 0.3 is 12.1 Å². The smallest absolute Gasteiger partial charge is 0.407 e. The lowest BCUT2D eigenvalue weighted by molar-refractivity contribution is -0.136. The SMILES string of the molecule is C[C@@H](CC(=O)N(CCC(=O)O)c1ccccc1)NC(=O)OCC1c2ccccc2-c2ccccc21. The van der Waals surface area contributed by atoms with Gasteiger partial charge in [0.25, 0.3) is 0 Å². The van der Waals surface area contributed by atoms with Crippen LogP contribution in [0.4, 0.5) is 10.5 Å². The Kier molecular flexibility index (Phi) is 7.45. The number of rotatable bonds is 9. The third kappa shape index (κ3) is 5.69. The molecule has 0 unspecified atom stereocenters. The first-order chi connectivity index (χ1) is 16.9. The molecular formula is C28H28N2O5. The second-order valence-corrected chi connectivity index (χ2v) is 8.60. The molecule has 3 aromatic carbocycles. The second-order valence-electron chi connectivity index (χ2n) is 8.60. The lowest BCUT2D eigenvalue weighted by Crippen LogP contribution is -2.40. The van der Waals surface area contributed by atoms with Gasteiger partial charge in [-0.2, -0.15) is 0 Å². The van der Waals surface area contributed by atoms with Crippen molar-refractivity contribution < 1.29 is 24.2 Å². The standard InChI is InChI=1S/C28H28N2O5/c1-19(17-26(31)30(16-15-27(32)33)20-9-3-2-4-10-20)29-28(34)35-18-25-23-13-7-5-11-21(23)22-12-6-8-14-24(22)25/h2-14,19,25H,15-18H2,1H3,(H,29,34)(H,32,33)/t19-/m0/s1. The monoisotopic (exact) mass is 472 g/mol. The summed E-state index contributed by atoms with van der Waals surface area (Å²) in [4.78, 5) is 37.9. The number of alkyl carbamates (subject to hydrolysis) is 1. The highest BCUT2D eigenvalue weighted by atomic mass is 16.5. The molecule has 7 nitrogen and oxygen atoms in total. The second kappa shape index (κ2) is 10.9. The zero-order valence-corrected chi connectivity index (χ0v) is 19.5. The van der Waals surface area contributed by atoms with E-state index < -0.39 is 18.1 Å². The lowest BCUT2D eigenvalue weighted by Gasteiger charge is -2.24. The number of carbonyl (C=O) groups excluding carboxylic acids is 2. The normalized spacial score (nSPS) is 12.8. The molecule has 3 aromatic rings. The van der Waals surface area contributed by atoms with Crippen molar-refractivity contribution in [1.82, 2.24) is 5.32 Å². The van der Waals surface area contributed by atoms with E-state index in [0.29, 0.717) is 5.69 Å². The maximum Gasteiger partial charge on any atom is 0.407 e. The van der Waals surface area contributed by atoms with Gasteiger partial charge < -0.3 is 20.1 Å². The number of para-hydroxylation sites is 1. The summed E-state index contributed by atoms with van der Waals surface area (Å²) in [5, 5.41) is 11.8. The molecule has 2 amide bonds. The molecule has 0 saturated carbocycles. The Balaban J connectivity index is 1.34. The first-order valence-corrected chi connectivity index (χ1v) is 11.6. The average molecular weight is 473 g/mol. The van der Waals surface area contributed by atoms with Crippen LogP contribution < -0.4 is 10.2 Å². The molecule has 0 saturated heterocycles. The van der Waals surface area contributed by atoms with Crippen molar-refractivity contribution in [1.29, 1.82) is 0 Å². The first-order valence-electron chi connectivity index (χ1n) is 11.6. The zero-order chi connectivity index (χ0) is 24.8. The molecule has 180 valence electrons. The van der Waals surface area contributed by atoms with Crippen LogP contribution in [0.2, 0.25) is 0 Å². The third-order valence-corrected chi connectivity index (χ3v) is 6.11. The van der Waals surface area contributed by atoms with Gasteiger partial charge in [0, 0.05) is 30.6 Å². The van der Waals surface area contributed by atoms with Crippen LogP contribution in [0.25, 0.3) is 11.1 Å². The predicted octanol–water partition coefficient (Wildman–Crippen LogP) is 4.81. The fourth-order valence-electron chi connectivity index (χ4n) is 4.48. The van der Waals surface area contributed by atoms with E-state index >= 15 is 0 Å². The number of anilines is 1. The van der Waals surface area contributed by atoms with Crippen molar-refractivity contribution in [2.75, 3.05) is 18.1 Å². The molecule has 1 aliphatic rings. The Morgan fingerprint density at radius 3 is 2.09 bits per heavy atom. The number of hydrogen-bond acceptors (Lipinski definition) is 4. The topological polar surface area (TPSA) is 95.9 Å².